The lowest BCUT2D eigenvalue weighted by Gasteiger charge is -2.45. The highest BCUT2D eigenvalue weighted by molar-refractivity contribution is 5.47. The van der Waals surface area contributed by atoms with Crippen molar-refractivity contribution in [3.63, 3.8) is 0 Å². The topological polar surface area (TPSA) is 21.3 Å². The molecule has 0 aromatic heterocycles. The first kappa shape index (κ1) is 16.2. The lowest BCUT2D eigenvalue weighted by atomic mass is 9.63. The Labute approximate surface area is 130 Å². The van der Waals surface area contributed by atoms with E-state index < -0.39 is 0 Å². The van der Waals surface area contributed by atoms with Crippen LogP contribution in [-0.4, -0.2) is 12.6 Å². The molecule has 2 heteroatoms. The van der Waals surface area contributed by atoms with Gasteiger partial charge in [0.1, 0.15) is 5.75 Å². The van der Waals surface area contributed by atoms with Gasteiger partial charge in [0.2, 0.25) is 0 Å². The smallest absolute Gasteiger partial charge is 0.119 e. The summed E-state index contributed by atoms with van der Waals surface area (Å²) < 4.78 is 5.64. The summed E-state index contributed by atoms with van der Waals surface area (Å²) in [6.45, 7) is 12.5. The molecule has 0 unspecified atom stereocenters. The summed E-state index contributed by atoms with van der Waals surface area (Å²) in [7, 11) is 0. The molecular weight excluding hydrogens is 258 g/mol. The minimum atomic E-state index is 0.420. The van der Waals surface area contributed by atoms with Crippen LogP contribution in [0.4, 0.5) is 5.69 Å². The van der Waals surface area contributed by atoms with E-state index in [1.165, 1.54) is 24.9 Å². The molecule has 1 aliphatic carbocycles. The van der Waals surface area contributed by atoms with Gasteiger partial charge in [-0.1, -0.05) is 34.6 Å². The fourth-order valence-corrected chi connectivity index (χ4v) is 4.05. The highest BCUT2D eigenvalue weighted by atomic mass is 16.5. The van der Waals surface area contributed by atoms with Crippen LogP contribution in [0, 0.1) is 10.8 Å². The molecule has 1 N–H and O–H groups in total. The molecule has 0 radical (unpaired) electrons. The second kappa shape index (κ2) is 6.29. The van der Waals surface area contributed by atoms with E-state index >= 15 is 0 Å². The van der Waals surface area contributed by atoms with Crippen molar-refractivity contribution in [2.45, 2.75) is 66.3 Å². The van der Waals surface area contributed by atoms with Crippen molar-refractivity contribution in [1.82, 2.24) is 0 Å². The quantitative estimate of drug-likeness (QED) is 0.773. The number of hydrogen-bond acceptors (Lipinski definition) is 2. The predicted octanol–water partition coefficient (Wildman–Crippen LogP) is 5.49. The third kappa shape index (κ3) is 4.94. The first-order valence-corrected chi connectivity index (χ1v) is 8.29. The van der Waals surface area contributed by atoms with Gasteiger partial charge in [-0.15, -0.1) is 0 Å². The average Bonchev–Trinajstić information content (AvgIpc) is 2.34. The fraction of sp³-hybridized carbons (Fsp3) is 0.684. The summed E-state index contributed by atoms with van der Waals surface area (Å²) in [6.07, 6.45) is 4.84. The van der Waals surface area contributed by atoms with E-state index in [4.69, 9.17) is 4.74 Å². The van der Waals surface area contributed by atoms with Crippen molar-refractivity contribution in [1.29, 1.82) is 0 Å². The van der Waals surface area contributed by atoms with Crippen LogP contribution in [0.2, 0.25) is 0 Å². The number of ether oxygens (including phenoxy) is 1. The second-order valence-electron chi connectivity index (χ2n) is 8.13. The Balaban J connectivity index is 1.97. The van der Waals surface area contributed by atoms with E-state index in [1.54, 1.807) is 0 Å². The zero-order chi connectivity index (χ0) is 15.5. The van der Waals surface area contributed by atoms with E-state index in [2.05, 4.69) is 64.2 Å². The molecule has 0 spiro atoms. The molecule has 0 saturated heterocycles. The molecule has 0 heterocycles. The average molecular weight is 289 g/mol. The lowest BCUT2D eigenvalue weighted by molar-refractivity contribution is 0.105. The summed E-state index contributed by atoms with van der Waals surface area (Å²) in [4.78, 5) is 0. The van der Waals surface area contributed by atoms with Crippen molar-refractivity contribution in [3.05, 3.63) is 24.3 Å². The van der Waals surface area contributed by atoms with Gasteiger partial charge < -0.3 is 10.1 Å². The van der Waals surface area contributed by atoms with Gasteiger partial charge in [-0.2, -0.15) is 0 Å². The summed E-state index contributed by atoms with van der Waals surface area (Å²) in [5.74, 6) is 0.965. The molecule has 1 aromatic carbocycles. The molecule has 0 amide bonds. The van der Waals surface area contributed by atoms with Crippen LogP contribution in [0.1, 0.15) is 60.3 Å². The van der Waals surface area contributed by atoms with E-state index in [9.17, 15) is 0 Å². The molecule has 1 saturated carbocycles. The minimum absolute atomic E-state index is 0.420. The van der Waals surface area contributed by atoms with Crippen LogP contribution in [0.25, 0.3) is 0 Å². The second-order valence-corrected chi connectivity index (χ2v) is 8.13. The summed E-state index contributed by atoms with van der Waals surface area (Å²) in [6, 6.07) is 8.97. The normalized spacial score (nSPS) is 21.0. The SMILES string of the molecule is CCCOc1ccc(NC2CC(C)(C)CC(C)(C)C2)cc1. The molecule has 21 heavy (non-hydrogen) atoms. The third-order valence-corrected chi connectivity index (χ3v) is 4.25. The molecule has 0 atom stereocenters. The fourth-order valence-electron chi connectivity index (χ4n) is 4.05. The molecule has 1 aromatic rings. The van der Waals surface area contributed by atoms with E-state index in [1.807, 2.05) is 0 Å². The molecule has 0 aliphatic heterocycles. The van der Waals surface area contributed by atoms with Gasteiger partial charge in [0.15, 0.2) is 0 Å². The Hall–Kier alpha value is -1.18. The van der Waals surface area contributed by atoms with Gasteiger partial charge in [-0.05, 0) is 60.8 Å². The Bertz CT molecular complexity index is 431. The maximum Gasteiger partial charge on any atom is 0.119 e. The predicted molar refractivity (Wildman–Crippen MR) is 91.1 cm³/mol. The summed E-state index contributed by atoms with van der Waals surface area (Å²) in [5, 5.41) is 3.72. The monoisotopic (exact) mass is 289 g/mol. The summed E-state index contributed by atoms with van der Waals surface area (Å²) >= 11 is 0. The number of anilines is 1. The van der Waals surface area contributed by atoms with Crippen LogP contribution in [0.15, 0.2) is 24.3 Å². The first-order chi connectivity index (χ1) is 9.80. The van der Waals surface area contributed by atoms with Gasteiger partial charge in [0, 0.05) is 11.7 Å². The lowest BCUT2D eigenvalue weighted by Crippen LogP contribution is -2.40. The van der Waals surface area contributed by atoms with Crippen molar-refractivity contribution in [2.75, 3.05) is 11.9 Å². The number of rotatable bonds is 5. The van der Waals surface area contributed by atoms with Gasteiger partial charge in [0.05, 0.1) is 6.61 Å². The number of benzene rings is 1. The van der Waals surface area contributed by atoms with Gasteiger partial charge in [-0.3, -0.25) is 0 Å². The molecule has 0 bridgehead atoms. The van der Waals surface area contributed by atoms with E-state index in [-0.39, 0.29) is 0 Å². The van der Waals surface area contributed by atoms with Gasteiger partial charge in [0.25, 0.3) is 0 Å². The zero-order valence-corrected chi connectivity index (χ0v) is 14.3. The van der Waals surface area contributed by atoms with E-state index in [0.29, 0.717) is 16.9 Å². The first-order valence-electron chi connectivity index (χ1n) is 8.29. The van der Waals surface area contributed by atoms with E-state index in [0.717, 1.165) is 18.8 Å². The van der Waals surface area contributed by atoms with Crippen molar-refractivity contribution in [3.8, 4) is 5.75 Å². The van der Waals surface area contributed by atoms with Crippen molar-refractivity contribution >= 4 is 5.69 Å². The minimum Gasteiger partial charge on any atom is -0.494 e. The molecule has 118 valence electrons. The Morgan fingerprint density at radius 1 is 1.05 bits per heavy atom. The highest BCUT2D eigenvalue weighted by Crippen LogP contribution is 2.46. The Morgan fingerprint density at radius 2 is 1.62 bits per heavy atom. The largest absolute Gasteiger partial charge is 0.494 e. The van der Waals surface area contributed by atoms with Gasteiger partial charge in [-0.25, -0.2) is 0 Å². The van der Waals surface area contributed by atoms with Crippen molar-refractivity contribution < 1.29 is 4.74 Å². The molecular formula is C19H31NO. The maximum atomic E-state index is 5.64. The molecule has 1 fully saturated rings. The zero-order valence-electron chi connectivity index (χ0n) is 14.3. The van der Waals surface area contributed by atoms with Crippen molar-refractivity contribution in [2.24, 2.45) is 10.8 Å². The Morgan fingerprint density at radius 3 is 2.14 bits per heavy atom. The standard InChI is InChI=1S/C19H31NO/c1-6-11-21-17-9-7-15(8-10-17)20-16-12-18(2,3)14-19(4,5)13-16/h7-10,16,20H,6,11-14H2,1-5H3. The third-order valence-electron chi connectivity index (χ3n) is 4.25. The molecule has 2 rings (SSSR count). The highest BCUT2D eigenvalue weighted by Gasteiger charge is 2.38. The number of hydrogen-bond donors (Lipinski definition) is 1. The van der Waals surface area contributed by atoms with Crippen LogP contribution >= 0.6 is 0 Å². The Kier molecular flexibility index (Phi) is 4.85. The summed E-state index contributed by atoms with van der Waals surface area (Å²) in [5.41, 5.74) is 2.05. The molecule has 2 nitrogen and oxygen atoms in total. The maximum absolute atomic E-state index is 5.64. The van der Waals surface area contributed by atoms with Crippen LogP contribution < -0.4 is 10.1 Å². The van der Waals surface area contributed by atoms with Gasteiger partial charge >= 0.3 is 0 Å². The van der Waals surface area contributed by atoms with Crippen LogP contribution in [0.3, 0.4) is 0 Å². The van der Waals surface area contributed by atoms with Crippen LogP contribution in [-0.2, 0) is 0 Å². The van der Waals surface area contributed by atoms with Crippen LogP contribution in [0.5, 0.6) is 5.75 Å². The number of nitrogens with one attached hydrogen (secondary N) is 1. The molecule has 1 aliphatic rings.